The van der Waals surface area contributed by atoms with Crippen LogP contribution in [0.3, 0.4) is 0 Å². The monoisotopic (exact) mass is 450 g/mol. The van der Waals surface area contributed by atoms with E-state index in [0.29, 0.717) is 11.4 Å². The first-order valence-electron chi connectivity index (χ1n) is 11.0. The molecule has 0 spiro atoms. The third kappa shape index (κ3) is 4.39. The molecule has 1 N–H and O–H groups in total. The molecule has 2 aromatic carbocycles. The molecule has 1 saturated heterocycles. The number of carbonyl (C=O) groups excluding carboxylic acids is 1. The van der Waals surface area contributed by atoms with Gasteiger partial charge in [0.15, 0.2) is 0 Å². The third-order valence-corrected chi connectivity index (χ3v) is 6.32. The van der Waals surface area contributed by atoms with Gasteiger partial charge in [-0.25, -0.2) is 4.68 Å². The summed E-state index contributed by atoms with van der Waals surface area (Å²) in [6.45, 7) is 2.81. The van der Waals surface area contributed by atoms with Crippen molar-refractivity contribution in [1.29, 1.82) is 0 Å². The molecule has 3 aromatic rings. The molecule has 0 saturated carbocycles. The van der Waals surface area contributed by atoms with E-state index in [0.717, 1.165) is 42.1 Å². The van der Waals surface area contributed by atoms with Gasteiger partial charge < -0.3 is 14.8 Å². The van der Waals surface area contributed by atoms with Crippen LogP contribution in [0.2, 0.25) is 0 Å². The number of ether oxygens (including phenoxy) is 2. The highest BCUT2D eigenvalue weighted by molar-refractivity contribution is 5.92. The standard InChI is InChI=1S/C25H30N4O4/c1-17-24(25(31)29(27(17)2)18-9-6-5-7-10-18)26-23(30)16-28-14-8-11-21(28)20-15-19(32-3)12-13-22(20)33-4/h5-7,9-10,12-13,15,21H,8,11,14,16H2,1-4H3,(H,26,30)/t21-/m0/s1. The molecule has 1 amide bonds. The Kier molecular flexibility index (Phi) is 6.55. The zero-order valence-electron chi connectivity index (χ0n) is 19.5. The van der Waals surface area contributed by atoms with Crippen LogP contribution < -0.4 is 20.3 Å². The number of nitrogens with one attached hydrogen (secondary N) is 1. The zero-order chi connectivity index (χ0) is 23.5. The molecule has 0 unspecified atom stereocenters. The largest absolute Gasteiger partial charge is 0.497 e. The Balaban J connectivity index is 1.55. The van der Waals surface area contributed by atoms with E-state index in [1.807, 2.05) is 62.5 Å². The van der Waals surface area contributed by atoms with Crippen LogP contribution in [0.25, 0.3) is 5.69 Å². The van der Waals surface area contributed by atoms with Gasteiger partial charge in [-0.3, -0.25) is 19.2 Å². The number of para-hydroxylation sites is 1. The number of anilines is 1. The van der Waals surface area contributed by atoms with Gasteiger partial charge >= 0.3 is 0 Å². The van der Waals surface area contributed by atoms with E-state index in [1.165, 1.54) is 0 Å². The van der Waals surface area contributed by atoms with Crippen LogP contribution in [0.5, 0.6) is 11.5 Å². The van der Waals surface area contributed by atoms with E-state index >= 15 is 0 Å². The Labute approximate surface area is 193 Å². The summed E-state index contributed by atoms with van der Waals surface area (Å²) in [6, 6.07) is 15.2. The van der Waals surface area contributed by atoms with Gasteiger partial charge in [-0.1, -0.05) is 18.2 Å². The topological polar surface area (TPSA) is 77.7 Å². The molecule has 1 aromatic heterocycles. The predicted molar refractivity (Wildman–Crippen MR) is 127 cm³/mol. The molecule has 1 aliphatic heterocycles. The Bertz CT molecular complexity index is 1200. The summed E-state index contributed by atoms with van der Waals surface area (Å²) in [6.07, 6.45) is 1.89. The maximum atomic E-state index is 13.1. The molecular formula is C25H30N4O4. The van der Waals surface area contributed by atoms with Gasteiger partial charge in [-0.05, 0) is 56.6 Å². The maximum Gasteiger partial charge on any atom is 0.295 e. The second-order valence-corrected chi connectivity index (χ2v) is 8.22. The van der Waals surface area contributed by atoms with Gasteiger partial charge in [0, 0.05) is 18.7 Å². The SMILES string of the molecule is COc1ccc(OC)c([C@@H]2CCCN2CC(=O)Nc2c(C)n(C)n(-c3ccccc3)c2=O)c1. The van der Waals surface area contributed by atoms with Crippen LogP contribution in [0.1, 0.15) is 30.1 Å². The van der Waals surface area contributed by atoms with Crippen molar-refractivity contribution in [2.75, 3.05) is 32.6 Å². The van der Waals surface area contributed by atoms with Crippen molar-refractivity contribution < 1.29 is 14.3 Å². The normalized spacial score (nSPS) is 16.1. The van der Waals surface area contributed by atoms with Crippen molar-refractivity contribution in [1.82, 2.24) is 14.3 Å². The molecule has 2 heterocycles. The number of methoxy groups -OCH3 is 2. The van der Waals surface area contributed by atoms with Crippen molar-refractivity contribution in [3.63, 3.8) is 0 Å². The van der Waals surface area contributed by atoms with E-state index in [2.05, 4.69) is 10.2 Å². The Morgan fingerprint density at radius 2 is 1.88 bits per heavy atom. The van der Waals surface area contributed by atoms with Crippen LogP contribution in [0.15, 0.2) is 53.3 Å². The van der Waals surface area contributed by atoms with E-state index < -0.39 is 0 Å². The molecule has 1 atom stereocenters. The second kappa shape index (κ2) is 9.54. The molecule has 8 heteroatoms. The fraction of sp³-hybridized carbons (Fsp3) is 0.360. The highest BCUT2D eigenvalue weighted by atomic mass is 16.5. The molecule has 4 rings (SSSR count). The summed E-state index contributed by atoms with van der Waals surface area (Å²) in [4.78, 5) is 28.3. The lowest BCUT2D eigenvalue weighted by Gasteiger charge is -2.26. The van der Waals surface area contributed by atoms with Crippen LogP contribution >= 0.6 is 0 Å². The summed E-state index contributed by atoms with van der Waals surface area (Å²) < 4.78 is 14.3. The van der Waals surface area contributed by atoms with Crippen molar-refractivity contribution in [2.24, 2.45) is 7.05 Å². The third-order valence-electron chi connectivity index (χ3n) is 6.32. The number of rotatable bonds is 7. The molecule has 0 aliphatic carbocycles. The fourth-order valence-corrected chi connectivity index (χ4v) is 4.54. The first-order chi connectivity index (χ1) is 15.9. The molecule has 33 heavy (non-hydrogen) atoms. The number of amides is 1. The van der Waals surface area contributed by atoms with Gasteiger partial charge in [0.1, 0.15) is 17.2 Å². The Morgan fingerprint density at radius 1 is 1.12 bits per heavy atom. The van der Waals surface area contributed by atoms with Crippen molar-refractivity contribution >= 4 is 11.6 Å². The minimum absolute atomic E-state index is 0.0404. The van der Waals surface area contributed by atoms with Gasteiger partial charge in [0.05, 0.1) is 32.1 Å². The molecule has 1 fully saturated rings. The van der Waals surface area contributed by atoms with Gasteiger partial charge in [-0.15, -0.1) is 0 Å². The highest BCUT2D eigenvalue weighted by Gasteiger charge is 2.30. The molecule has 1 aliphatic rings. The number of nitrogens with zero attached hydrogens (tertiary/aromatic N) is 3. The number of likely N-dealkylation sites (tertiary alicyclic amines) is 1. The first kappa shape index (κ1) is 22.7. The summed E-state index contributed by atoms with van der Waals surface area (Å²) in [5.41, 5.74) is 2.51. The number of hydrogen-bond donors (Lipinski definition) is 1. The minimum Gasteiger partial charge on any atom is -0.497 e. The molecule has 0 radical (unpaired) electrons. The minimum atomic E-state index is -0.248. The van der Waals surface area contributed by atoms with Crippen molar-refractivity contribution in [2.45, 2.75) is 25.8 Å². The van der Waals surface area contributed by atoms with Crippen LogP contribution in [0.4, 0.5) is 5.69 Å². The smallest absolute Gasteiger partial charge is 0.295 e. The van der Waals surface area contributed by atoms with E-state index in [4.69, 9.17) is 9.47 Å². The lowest BCUT2D eigenvalue weighted by Crippen LogP contribution is -2.34. The highest BCUT2D eigenvalue weighted by Crippen LogP contribution is 2.38. The van der Waals surface area contributed by atoms with E-state index in [1.54, 1.807) is 23.6 Å². The van der Waals surface area contributed by atoms with Gasteiger partial charge in [-0.2, -0.15) is 0 Å². The summed E-state index contributed by atoms with van der Waals surface area (Å²) in [5, 5.41) is 2.87. The van der Waals surface area contributed by atoms with E-state index in [-0.39, 0.29) is 24.1 Å². The lowest BCUT2D eigenvalue weighted by molar-refractivity contribution is -0.117. The number of aromatic nitrogens is 2. The molecular weight excluding hydrogens is 420 g/mol. The average Bonchev–Trinajstić information content (AvgIpc) is 3.37. The summed E-state index contributed by atoms with van der Waals surface area (Å²) >= 11 is 0. The maximum absolute atomic E-state index is 13.1. The summed E-state index contributed by atoms with van der Waals surface area (Å²) in [7, 11) is 5.09. The van der Waals surface area contributed by atoms with E-state index in [9.17, 15) is 9.59 Å². The average molecular weight is 451 g/mol. The fourth-order valence-electron chi connectivity index (χ4n) is 4.54. The number of hydrogen-bond acceptors (Lipinski definition) is 5. The molecule has 174 valence electrons. The Hall–Kier alpha value is -3.52. The Morgan fingerprint density at radius 3 is 2.58 bits per heavy atom. The zero-order valence-corrected chi connectivity index (χ0v) is 19.5. The second-order valence-electron chi connectivity index (χ2n) is 8.22. The van der Waals surface area contributed by atoms with Crippen molar-refractivity contribution in [3.8, 4) is 17.2 Å². The quantitative estimate of drug-likeness (QED) is 0.598. The van der Waals surface area contributed by atoms with Crippen molar-refractivity contribution in [3.05, 3.63) is 70.1 Å². The molecule has 8 nitrogen and oxygen atoms in total. The van der Waals surface area contributed by atoms with Crippen LogP contribution in [-0.4, -0.2) is 47.5 Å². The summed E-state index contributed by atoms with van der Waals surface area (Å²) in [5.74, 6) is 1.32. The van der Waals surface area contributed by atoms with Crippen LogP contribution in [0, 0.1) is 6.92 Å². The van der Waals surface area contributed by atoms with Crippen LogP contribution in [-0.2, 0) is 11.8 Å². The van der Waals surface area contributed by atoms with Gasteiger partial charge in [0.25, 0.3) is 5.56 Å². The number of carbonyl (C=O) groups is 1. The first-order valence-corrected chi connectivity index (χ1v) is 11.0. The predicted octanol–water partition coefficient (Wildman–Crippen LogP) is 3.28. The van der Waals surface area contributed by atoms with Gasteiger partial charge in [0.2, 0.25) is 5.91 Å². The lowest BCUT2D eigenvalue weighted by atomic mass is 10.0. The number of benzene rings is 2. The molecule has 0 bridgehead atoms.